The topological polar surface area (TPSA) is 66.4 Å². The molecule has 1 aliphatic carbocycles. The molecule has 4 nitrogen and oxygen atoms in total. The average Bonchev–Trinajstić information content (AvgIpc) is 3.17. The van der Waals surface area contributed by atoms with Crippen LogP contribution in [0.5, 0.6) is 0 Å². The third kappa shape index (κ3) is 3.53. The van der Waals surface area contributed by atoms with Crippen LogP contribution in [0.2, 0.25) is 0 Å². The van der Waals surface area contributed by atoms with Gasteiger partial charge in [-0.1, -0.05) is 0 Å². The highest BCUT2D eigenvalue weighted by Crippen LogP contribution is 2.48. The van der Waals surface area contributed by atoms with Crippen molar-refractivity contribution < 1.29 is 23.5 Å². The van der Waals surface area contributed by atoms with Gasteiger partial charge in [0.05, 0.1) is 0 Å². The Morgan fingerprint density at radius 2 is 2.10 bits per heavy atom. The number of halogens is 2. The van der Waals surface area contributed by atoms with Crippen LogP contribution in [0.15, 0.2) is 18.2 Å². The fourth-order valence-corrected chi connectivity index (χ4v) is 2.21. The minimum absolute atomic E-state index is 0.00704. The van der Waals surface area contributed by atoms with Crippen LogP contribution >= 0.6 is 0 Å². The lowest BCUT2D eigenvalue weighted by molar-refractivity contribution is -0.137. The van der Waals surface area contributed by atoms with Gasteiger partial charge in [-0.05, 0) is 42.5 Å². The highest BCUT2D eigenvalue weighted by Gasteiger charge is 2.45. The van der Waals surface area contributed by atoms with Crippen LogP contribution in [0.4, 0.5) is 8.78 Å². The van der Waals surface area contributed by atoms with Crippen LogP contribution in [-0.2, 0) is 9.59 Å². The lowest BCUT2D eigenvalue weighted by atomic mass is 10.1. The molecular formula is C14H15F2NO3. The molecule has 108 valence electrons. The van der Waals surface area contributed by atoms with Gasteiger partial charge in [0.25, 0.3) is 0 Å². The first kappa shape index (κ1) is 14.4. The Labute approximate surface area is 114 Å². The van der Waals surface area contributed by atoms with Gasteiger partial charge in [-0.25, -0.2) is 8.78 Å². The number of rotatable bonds is 6. The molecule has 0 bridgehead atoms. The van der Waals surface area contributed by atoms with Crippen LogP contribution in [0.1, 0.15) is 30.7 Å². The quantitative estimate of drug-likeness (QED) is 0.785. The second-order valence-electron chi connectivity index (χ2n) is 4.90. The Kier molecular flexibility index (Phi) is 4.32. The third-order valence-electron chi connectivity index (χ3n) is 3.35. The van der Waals surface area contributed by atoms with Crippen molar-refractivity contribution in [1.82, 2.24) is 5.32 Å². The van der Waals surface area contributed by atoms with E-state index in [9.17, 15) is 18.4 Å². The van der Waals surface area contributed by atoms with Crippen molar-refractivity contribution in [2.45, 2.75) is 25.2 Å². The molecule has 1 aromatic carbocycles. The predicted octanol–water partition coefficient (Wildman–Crippen LogP) is 2.05. The lowest BCUT2D eigenvalue weighted by Gasteiger charge is -2.05. The van der Waals surface area contributed by atoms with Gasteiger partial charge in [-0.15, -0.1) is 0 Å². The number of benzene rings is 1. The molecule has 1 fully saturated rings. The lowest BCUT2D eigenvalue weighted by Crippen LogP contribution is -2.26. The van der Waals surface area contributed by atoms with E-state index >= 15 is 0 Å². The first-order valence-electron chi connectivity index (χ1n) is 6.43. The Bertz CT molecular complexity index is 533. The van der Waals surface area contributed by atoms with Crippen LogP contribution in [-0.4, -0.2) is 23.5 Å². The highest BCUT2D eigenvalue weighted by molar-refractivity contribution is 5.82. The summed E-state index contributed by atoms with van der Waals surface area (Å²) >= 11 is 0. The molecule has 2 rings (SSSR count). The Hall–Kier alpha value is -1.98. The van der Waals surface area contributed by atoms with E-state index in [4.69, 9.17) is 5.11 Å². The predicted molar refractivity (Wildman–Crippen MR) is 67.1 cm³/mol. The zero-order chi connectivity index (χ0) is 14.7. The molecule has 0 saturated heterocycles. The summed E-state index contributed by atoms with van der Waals surface area (Å²) in [6.07, 6.45) is 0.838. The van der Waals surface area contributed by atoms with Crippen molar-refractivity contribution in [2.75, 3.05) is 6.54 Å². The maximum atomic E-state index is 13.5. The van der Waals surface area contributed by atoms with Gasteiger partial charge < -0.3 is 10.4 Å². The number of aliphatic carboxylic acids is 1. The van der Waals surface area contributed by atoms with E-state index in [1.54, 1.807) is 0 Å². The molecule has 0 aliphatic heterocycles. The van der Waals surface area contributed by atoms with Crippen molar-refractivity contribution in [3.05, 3.63) is 35.4 Å². The average molecular weight is 283 g/mol. The molecule has 6 heteroatoms. The van der Waals surface area contributed by atoms with Crippen molar-refractivity contribution in [3.63, 3.8) is 0 Å². The number of nitrogens with one attached hydrogen (secondary N) is 1. The summed E-state index contributed by atoms with van der Waals surface area (Å²) in [5, 5.41) is 11.1. The number of carboxylic acids is 1. The summed E-state index contributed by atoms with van der Waals surface area (Å²) in [5.41, 5.74) is 0.232. The minimum atomic E-state index is -0.912. The minimum Gasteiger partial charge on any atom is -0.481 e. The molecule has 1 amide bonds. The fourth-order valence-electron chi connectivity index (χ4n) is 2.21. The number of hydrogen-bond acceptors (Lipinski definition) is 2. The van der Waals surface area contributed by atoms with Crippen LogP contribution < -0.4 is 5.32 Å². The maximum absolute atomic E-state index is 13.5. The molecule has 1 aliphatic rings. The van der Waals surface area contributed by atoms with Crippen molar-refractivity contribution >= 4 is 11.9 Å². The van der Waals surface area contributed by atoms with Gasteiger partial charge >= 0.3 is 5.97 Å². The Morgan fingerprint density at radius 3 is 2.80 bits per heavy atom. The Morgan fingerprint density at radius 1 is 1.35 bits per heavy atom. The van der Waals surface area contributed by atoms with Gasteiger partial charge in [0.15, 0.2) is 0 Å². The van der Waals surface area contributed by atoms with E-state index < -0.39 is 17.6 Å². The van der Waals surface area contributed by atoms with Crippen molar-refractivity contribution in [3.8, 4) is 0 Å². The SMILES string of the molecule is O=C(O)CCCNC(=O)[C@@H]1C[C@H]1c1cc(F)ccc1F. The van der Waals surface area contributed by atoms with Crippen LogP contribution in [0, 0.1) is 17.6 Å². The molecule has 0 aromatic heterocycles. The van der Waals surface area contributed by atoms with E-state index in [-0.39, 0.29) is 36.3 Å². The summed E-state index contributed by atoms with van der Waals surface area (Å²) in [6.45, 7) is 0.278. The first-order valence-corrected chi connectivity index (χ1v) is 6.43. The smallest absolute Gasteiger partial charge is 0.303 e. The van der Waals surface area contributed by atoms with Crippen LogP contribution in [0.25, 0.3) is 0 Å². The second-order valence-corrected chi connectivity index (χ2v) is 4.90. The zero-order valence-electron chi connectivity index (χ0n) is 10.7. The summed E-state index contributed by atoms with van der Waals surface area (Å²) in [7, 11) is 0. The number of carboxylic acid groups (broad SMARTS) is 1. The van der Waals surface area contributed by atoms with E-state index in [1.165, 1.54) is 0 Å². The molecule has 1 saturated carbocycles. The molecule has 0 spiro atoms. The van der Waals surface area contributed by atoms with E-state index in [1.807, 2.05) is 0 Å². The molecule has 0 heterocycles. The van der Waals surface area contributed by atoms with Gasteiger partial charge in [-0.3, -0.25) is 9.59 Å². The standard InChI is InChI=1S/C14H15F2NO3/c15-8-3-4-12(16)10(6-8)9-7-11(9)14(20)17-5-1-2-13(18)19/h3-4,6,9,11H,1-2,5,7H2,(H,17,20)(H,18,19)/t9-,11+/m0/s1. The number of amides is 1. The fraction of sp³-hybridized carbons (Fsp3) is 0.429. The zero-order valence-corrected chi connectivity index (χ0v) is 10.7. The number of carbonyl (C=O) groups is 2. The van der Waals surface area contributed by atoms with E-state index in [0.29, 0.717) is 12.8 Å². The van der Waals surface area contributed by atoms with Crippen molar-refractivity contribution in [2.24, 2.45) is 5.92 Å². The van der Waals surface area contributed by atoms with Crippen LogP contribution in [0.3, 0.4) is 0 Å². The van der Waals surface area contributed by atoms with E-state index in [2.05, 4.69) is 5.32 Å². The van der Waals surface area contributed by atoms with Gasteiger partial charge in [0, 0.05) is 18.9 Å². The second kappa shape index (κ2) is 5.98. The third-order valence-corrected chi connectivity index (χ3v) is 3.35. The molecular weight excluding hydrogens is 268 g/mol. The summed E-state index contributed by atoms with van der Waals surface area (Å²) in [5.74, 6) is -2.80. The monoisotopic (exact) mass is 283 g/mol. The van der Waals surface area contributed by atoms with Crippen molar-refractivity contribution in [1.29, 1.82) is 0 Å². The largest absolute Gasteiger partial charge is 0.481 e. The molecule has 20 heavy (non-hydrogen) atoms. The molecule has 1 aromatic rings. The summed E-state index contributed by atoms with van der Waals surface area (Å²) in [4.78, 5) is 22.1. The molecule has 2 N–H and O–H groups in total. The molecule has 0 unspecified atom stereocenters. The molecule has 2 atom stereocenters. The maximum Gasteiger partial charge on any atom is 0.303 e. The van der Waals surface area contributed by atoms with Gasteiger partial charge in [-0.2, -0.15) is 0 Å². The summed E-state index contributed by atoms with van der Waals surface area (Å²) in [6, 6.07) is 3.23. The normalized spacial score (nSPS) is 20.5. The van der Waals surface area contributed by atoms with E-state index in [0.717, 1.165) is 18.2 Å². The molecule has 0 radical (unpaired) electrons. The van der Waals surface area contributed by atoms with Gasteiger partial charge in [0.2, 0.25) is 5.91 Å². The highest BCUT2D eigenvalue weighted by atomic mass is 19.1. The Balaban J connectivity index is 1.83. The summed E-state index contributed by atoms with van der Waals surface area (Å²) < 4.78 is 26.6. The number of hydrogen-bond donors (Lipinski definition) is 2. The first-order chi connectivity index (χ1) is 9.49. The number of carbonyl (C=O) groups excluding carboxylic acids is 1. The van der Waals surface area contributed by atoms with Gasteiger partial charge in [0.1, 0.15) is 11.6 Å².